The van der Waals surface area contributed by atoms with Crippen molar-refractivity contribution in [1.29, 1.82) is 0 Å². The average molecular weight is 222 g/mol. The Balaban J connectivity index is 1.92. The van der Waals surface area contributed by atoms with Gasteiger partial charge < -0.3 is 5.11 Å². The van der Waals surface area contributed by atoms with E-state index in [0.29, 0.717) is 0 Å². The van der Waals surface area contributed by atoms with Crippen LogP contribution in [-0.4, -0.2) is 17.0 Å². The van der Waals surface area contributed by atoms with Crippen LogP contribution in [0.1, 0.15) is 30.9 Å². The lowest BCUT2D eigenvalue weighted by Gasteiger charge is -2.06. The maximum Gasteiger partial charge on any atom is 0.0520 e. The van der Waals surface area contributed by atoms with Gasteiger partial charge in [0.2, 0.25) is 0 Å². The van der Waals surface area contributed by atoms with E-state index >= 15 is 0 Å². The molecule has 0 aliphatic heterocycles. The third kappa shape index (κ3) is 2.99. The predicted molar refractivity (Wildman–Crippen MR) is 65.5 cm³/mol. The third-order valence-electron chi connectivity index (χ3n) is 2.87. The highest BCUT2D eigenvalue weighted by molar-refractivity contribution is 7.99. The second-order valence-electron chi connectivity index (χ2n) is 4.27. The van der Waals surface area contributed by atoms with Crippen LogP contribution in [0.25, 0.3) is 0 Å². The van der Waals surface area contributed by atoms with Crippen molar-refractivity contribution in [2.45, 2.75) is 43.6 Å². The molecule has 15 heavy (non-hydrogen) atoms. The lowest BCUT2D eigenvalue weighted by molar-refractivity contribution is 0.192. The molecule has 1 aliphatic carbocycles. The van der Waals surface area contributed by atoms with Gasteiger partial charge >= 0.3 is 0 Å². The number of thioether (sulfide) groups is 1. The maximum atomic E-state index is 9.17. The van der Waals surface area contributed by atoms with E-state index in [0.717, 1.165) is 12.2 Å². The van der Waals surface area contributed by atoms with Crippen molar-refractivity contribution < 1.29 is 5.11 Å². The highest BCUT2D eigenvalue weighted by Crippen LogP contribution is 2.27. The number of benzene rings is 1. The molecule has 1 aliphatic rings. The SMILES string of the molecule is CC(O)CCSc1ccc2c(c1)CCC2. The Labute approximate surface area is 95.9 Å². The van der Waals surface area contributed by atoms with Gasteiger partial charge in [0.15, 0.2) is 0 Å². The van der Waals surface area contributed by atoms with Crippen LogP contribution in [0.4, 0.5) is 0 Å². The van der Waals surface area contributed by atoms with Crippen LogP contribution in [0.15, 0.2) is 23.1 Å². The van der Waals surface area contributed by atoms with Gasteiger partial charge in [0, 0.05) is 10.6 Å². The van der Waals surface area contributed by atoms with E-state index in [2.05, 4.69) is 18.2 Å². The summed E-state index contributed by atoms with van der Waals surface area (Å²) in [6.45, 7) is 1.85. The Kier molecular flexibility index (Phi) is 3.71. The van der Waals surface area contributed by atoms with Crippen LogP contribution in [0.3, 0.4) is 0 Å². The molecule has 0 spiro atoms. The molecular weight excluding hydrogens is 204 g/mol. The summed E-state index contributed by atoms with van der Waals surface area (Å²) in [6, 6.07) is 6.82. The predicted octanol–water partition coefficient (Wildman–Crippen LogP) is 3.04. The molecule has 0 aromatic heterocycles. The van der Waals surface area contributed by atoms with Crippen molar-refractivity contribution in [2.75, 3.05) is 5.75 Å². The van der Waals surface area contributed by atoms with E-state index in [4.69, 9.17) is 0 Å². The van der Waals surface area contributed by atoms with Crippen molar-refractivity contribution in [2.24, 2.45) is 0 Å². The molecular formula is C13H18OS. The number of hydrogen-bond acceptors (Lipinski definition) is 2. The minimum atomic E-state index is -0.174. The van der Waals surface area contributed by atoms with Crippen LogP contribution in [0.5, 0.6) is 0 Å². The number of aliphatic hydroxyl groups excluding tert-OH is 1. The van der Waals surface area contributed by atoms with Crippen LogP contribution in [0, 0.1) is 0 Å². The van der Waals surface area contributed by atoms with Gasteiger partial charge in [-0.3, -0.25) is 0 Å². The molecule has 1 aromatic rings. The van der Waals surface area contributed by atoms with Gasteiger partial charge in [-0.15, -0.1) is 11.8 Å². The fourth-order valence-electron chi connectivity index (χ4n) is 1.99. The first-order chi connectivity index (χ1) is 7.25. The normalized spacial score (nSPS) is 16.4. The van der Waals surface area contributed by atoms with Gasteiger partial charge in [-0.05, 0) is 55.9 Å². The second-order valence-corrected chi connectivity index (χ2v) is 5.44. The highest BCUT2D eigenvalue weighted by Gasteiger charge is 2.10. The molecule has 1 aromatic carbocycles. The lowest BCUT2D eigenvalue weighted by atomic mass is 10.1. The Morgan fingerprint density at radius 2 is 2.13 bits per heavy atom. The second kappa shape index (κ2) is 5.04. The number of aryl methyl sites for hydroxylation is 2. The maximum absolute atomic E-state index is 9.17. The molecule has 0 radical (unpaired) electrons. The van der Waals surface area contributed by atoms with Crippen molar-refractivity contribution in [3.05, 3.63) is 29.3 Å². The lowest BCUT2D eigenvalue weighted by Crippen LogP contribution is -2.00. The monoisotopic (exact) mass is 222 g/mol. The van der Waals surface area contributed by atoms with E-state index in [1.807, 2.05) is 18.7 Å². The van der Waals surface area contributed by atoms with E-state index in [-0.39, 0.29) is 6.10 Å². The Morgan fingerprint density at radius 1 is 1.33 bits per heavy atom. The largest absolute Gasteiger partial charge is 0.393 e. The first-order valence-corrected chi connectivity index (χ1v) is 6.67. The van der Waals surface area contributed by atoms with Crippen molar-refractivity contribution in [3.63, 3.8) is 0 Å². The Morgan fingerprint density at radius 3 is 2.93 bits per heavy atom. The quantitative estimate of drug-likeness (QED) is 0.790. The molecule has 0 fully saturated rings. The standard InChI is InChI=1S/C13H18OS/c1-10(14)7-8-15-13-6-5-11-3-2-4-12(11)9-13/h5-6,9-10,14H,2-4,7-8H2,1H3. The van der Waals surface area contributed by atoms with Gasteiger partial charge in [0.25, 0.3) is 0 Å². The minimum Gasteiger partial charge on any atom is -0.393 e. The zero-order valence-electron chi connectivity index (χ0n) is 9.20. The Hall–Kier alpha value is -0.470. The summed E-state index contributed by atoms with van der Waals surface area (Å²) in [5, 5.41) is 9.17. The average Bonchev–Trinajstić information content (AvgIpc) is 2.64. The van der Waals surface area contributed by atoms with E-state index < -0.39 is 0 Å². The van der Waals surface area contributed by atoms with Gasteiger partial charge in [-0.2, -0.15) is 0 Å². The van der Waals surface area contributed by atoms with Crippen molar-refractivity contribution in [1.82, 2.24) is 0 Å². The van der Waals surface area contributed by atoms with E-state index in [9.17, 15) is 5.11 Å². The van der Waals surface area contributed by atoms with Gasteiger partial charge in [0.05, 0.1) is 6.10 Å². The van der Waals surface area contributed by atoms with E-state index in [1.54, 1.807) is 0 Å². The van der Waals surface area contributed by atoms with Crippen LogP contribution in [0.2, 0.25) is 0 Å². The molecule has 1 N–H and O–H groups in total. The molecule has 0 bridgehead atoms. The van der Waals surface area contributed by atoms with Crippen molar-refractivity contribution in [3.8, 4) is 0 Å². The molecule has 1 atom stereocenters. The summed E-state index contributed by atoms with van der Waals surface area (Å²) in [5.74, 6) is 1.01. The molecule has 1 unspecified atom stereocenters. The highest BCUT2D eigenvalue weighted by atomic mass is 32.2. The molecule has 2 rings (SSSR count). The van der Waals surface area contributed by atoms with Gasteiger partial charge in [0.1, 0.15) is 0 Å². The molecule has 1 nitrogen and oxygen atoms in total. The molecule has 2 heteroatoms. The molecule has 0 heterocycles. The minimum absolute atomic E-state index is 0.174. The molecule has 0 saturated heterocycles. The van der Waals surface area contributed by atoms with Crippen LogP contribution < -0.4 is 0 Å². The summed E-state index contributed by atoms with van der Waals surface area (Å²) in [4.78, 5) is 1.36. The summed E-state index contributed by atoms with van der Waals surface area (Å²) < 4.78 is 0. The molecule has 82 valence electrons. The summed E-state index contributed by atoms with van der Waals surface area (Å²) in [5.41, 5.74) is 3.08. The number of aliphatic hydroxyl groups is 1. The fraction of sp³-hybridized carbons (Fsp3) is 0.538. The zero-order chi connectivity index (χ0) is 10.7. The zero-order valence-corrected chi connectivity index (χ0v) is 10.0. The summed E-state index contributed by atoms with van der Waals surface area (Å²) in [7, 11) is 0. The smallest absolute Gasteiger partial charge is 0.0520 e. The number of fused-ring (bicyclic) bond motifs is 1. The Bertz CT molecular complexity index is 333. The molecule has 0 saturated carbocycles. The summed E-state index contributed by atoms with van der Waals surface area (Å²) in [6.07, 6.45) is 4.53. The van der Waals surface area contributed by atoms with Crippen LogP contribution in [-0.2, 0) is 12.8 Å². The van der Waals surface area contributed by atoms with Crippen LogP contribution >= 0.6 is 11.8 Å². The number of rotatable bonds is 4. The summed E-state index contributed by atoms with van der Waals surface area (Å²) >= 11 is 1.85. The molecule has 0 amide bonds. The van der Waals surface area contributed by atoms with E-state index in [1.165, 1.54) is 35.3 Å². The first kappa shape index (κ1) is 11.0. The van der Waals surface area contributed by atoms with Gasteiger partial charge in [-0.25, -0.2) is 0 Å². The van der Waals surface area contributed by atoms with Gasteiger partial charge in [-0.1, -0.05) is 6.07 Å². The number of hydrogen-bond donors (Lipinski definition) is 1. The fourth-order valence-corrected chi connectivity index (χ4v) is 3.07. The first-order valence-electron chi connectivity index (χ1n) is 5.68. The topological polar surface area (TPSA) is 20.2 Å². The third-order valence-corrected chi connectivity index (χ3v) is 3.90. The van der Waals surface area contributed by atoms with Crippen molar-refractivity contribution >= 4 is 11.8 Å².